The SMILES string of the molecule is CC[C@H]1CC[C@@H](C(=O)N2CC(F)(F)C[C@H]2C#N)N1. The first kappa shape index (κ1) is 13.2. The van der Waals surface area contributed by atoms with E-state index < -0.39 is 31.0 Å². The molecular weight excluding hydrogens is 240 g/mol. The van der Waals surface area contributed by atoms with Gasteiger partial charge in [0, 0.05) is 12.5 Å². The van der Waals surface area contributed by atoms with Crippen LogP contribution in [-0.4, -0.2) is 41.4 Å². The van der Waals surface area contributed by atoms with E-state index in [9.17, 15) is 13.6 Å². The zero-order chi connectivity index (χ0) is 13.3. The van der Waals surface area contributed by atoms with Crippen LogP contribution >= 0.6 is 0 Å². The molecule has 0 radical (unpaired) electrons. The predicted octanol–water partition coefficient (Wildman–Crippen LogP) is 1.28. The molecule has 1 N–H and O–H groups in total. The van der Waals surface area contributed by atoms with E-state index in [1.807, 2.05) is 6.92 Å². The summed E-state index contributed by atoms with van der Waals surface area (Å²) in [5.74, 6) is -3.28. The number of likely N-dealkylation sites (tertiary alicyclic amines) is 1. The van der Waals surface area contributed by atoms with E-state index in [0.717, 1.165) is 17.7 Å². The van der Waals surface area contributed by atoms with Gasteiger partial charge in [0.15, 0.2) is 0 Å². The van der Waals surface area contributed by atoms with Crippen LogP contribution in [0.4, 0.5) is 8.78 Å². The first-order valence-corrected chi connectivity index (χ1v) is 6.31. The molecule has 0 unspecified atom stereocenters. The van der Waals surface area contributed by atoms with Crippen molar-refractivity contribution in [3.05, 3.63) is 0 Å². The van der Waals surface area contributed by atoms with Gasteiger partial charge >= 0.3 is 0 Å². The van der Waals surface area contributed by atoms with Crippen LogP contribution in [0.1, 0.15) is 32.6 Å². The van der Waals surface area contributed by atoms with Crippen LogP contribution in [-0.2, 0) is 4.79 Å². The van der Waals surface area contributed by atoms with Crippen LogP contribution in [0.5, 0.6) is 0 Å². The molecule has 18 heavy (non-hydrogen) atoms. The summed E-state index contributed by atoms with van der Waals surface area (Å²) in [6, 6.07) is 0.683. The highest BCUT2D eigenvalue weighted by Crippen LogP contribution is 2.33. The number of halogens is 2. The molecule has 0 bridgehead atoms. The van der Waals surface area contributed by atoms with Crippen molar-refractivity contribution < 1.29 is 13.6 Å². The van der Waals surface area contributed by atoms with Crippen LogP contribution in [0.3, 0.4) is 0 Å². The van der Waals surface area contributed by atoms with Crippen LogP contribution in [0.2, 0.25) is 0 Å². The molecule has 2 saturated heterocycles. The van der Waals surface area contributed by atoms with E-state index in [1.165, 1.54) is 0 Å². The number of rotatable bonds is 2. The Labute approximate surface area is 105 Å². The summed E-state index contributed by atoms with van der Waals surface area (Å²) in [4.78, 5) is 13.2. The van der Waals surface area contributed by atoms with Gasteiger partial charge in [0.25, 0.3) is 5.92 Å². The maximum absolute atomic E-state index is 13.3. The number of hydrogen-bond acceptors (Lipinski definition) is 3. The van der Waals surface area contributed by atoms with Gasteiger partial charge in [0.05, 0.1) is 18.7 Å². The minimum atomic E-state index is -2.93. The molecule has 2 heterocycles. The zero-order valence-electron chi connectivity index (χ0n) is 10.3. The second kappa shape index (κ2) is 4.81. The van der Waals surface area contributed by atoms with E-state index in [0.29, 0.717) is 6.42 Å². The number of nitriles is 1. The zero-order valence-corrected chi connectivity index (χ0v) is 10.3. The standard InChI is InChI=1S/C12H17F2N3O/c1-2-8-3-4-10(16-8)11(18)17-7-12(13,14)5-9(17)6-15/h8-10,16H,2-5,7H2,1H3/t8-,9-,10-/m0/s1. The molecule has 0 aromatic carbocycles. The lowest BCUT2D eigenvalue weighted by molar-refractivity contribution is -0.134. The lowest BCUT2D eigenvalue weighted by atomic mass is 10.1. The smallest absolute Gasteiger partial charge is 0.268 e. The quantitative estimate of drug-likeness (QED) is 0.810. The average Bonchev–Trinajstić information content (AvgIpc) is 2.91. The van der Waals surface area contributed by atoms with Gasteiger partial charge < -0.3 is 10.2 Å². The van der Waals surface area contributed by atoms with Crippen molar-refractivity contribution in [3.8, 4) is 6.07 Å². The lowest BCUT2D eigenvalue weighted by Crippen LogP contribution is -2.47. The maximum Gasteiger partial charge on any atom is 0.268 e. The van der Waals surface area contributed by atoms with Gasteiger partial charge in [-0.05, 0) is 19.3 Å². The molecular formula is C12H17F2N3O. The molecule has 3 atom stereocenters. The monoisotopic (exact) mass is 257 g/mol. The highest BCUT2D eigenvalue weighted by Gasteiger charge is 2.48. The summed E-state index contributed by atoms with van der Waals surface area (Å²) >= 11 is 0. The van der Waals surface area contributed by atoms with E-state index in [-0.39, 0.29) is 11.9 Å². The van der Waals surface area contributed by atoms with Crippen molar-refractivity contribution in [2.75, 3.05) is 6.54 Å². The second-order valence-electron chi connectivity index (χ2n) is 5.07. The Hall–Kier alpha value is -1.22. The van der Waals surface area contributed by atoms with Gasteiger partial charge in [-0.1, -0.05) is 6.92 Å². The van der Waals surface area contributed by atoms with E-state index in [4.69, 9.17) is 5.26 Å². The summed E-state index contributed by atoms with van der Waals surface area (Å²) in [6.07, 6.45) is 1.92. The Morgan fingerprint density at radius 2 is 2.28 bits per heavy atom. The van der Waals surface area contributed by atoms with Crippen molar-refractivity contribution >= 4 is 5.91 Å². The molecule has 1 amide bonds. The van der Waals surface area contributed by atoms with Crippen LogP contribution < -0.4 is 5.32 Å². The minimum Gasteiger partial charge on any atom is -0.319 e. The fourth-order valence-electron chi connectivity index (χ4n) is 2.70. The molecule has 6 heteroatoms. The highest BCUT2D eigenvalue weighted by atomic mass is 19.3. The number of alkyl halides is 2. The Balaban J connectivity index is 2.03. The van der Waals surface area contributed by atoms with Crippen molar-refractivity contribution in [1.29, 1.82) is 5.26 Å². The van der Waals surface area contributed by atoms with E-state index >= 15 is 0 Å². The molecule has 100 valence electrons. The summed E-state index contributed by atoms with van der Waals surface area (Å²) in [6.45, 7) is 1.39. The third-order valence-corrected chi connectivity index (χ3v) is 3.73. The Morgan fingerprint density at radius 3 is 2.83 bits per heavy atom. The molecule has 2 fully saturated rings. The molecule has 0 spiro atoms. The Morgan fingerprint density at radius 1 is 1.56 bits per heavy atom. The number of hydrogen-bond donors (Lipinski definition) is 1. The van der Waals surface area contributed by atoms with Crippen LogP contribution in [0.25, 0.3) is 0 Å². The topological polar surface area (TPSA) is 56.1 Å². The molecule has 2 rings (SSSR count). The minimum absolute atomic E-state index is 0.280. The summed E-state index contributed by atoms with van der Waals surface area (Å²) in [5.41, 5.74) is 0. The molecule has 0 aromatic heterocycles. The molecule has 4 nitrogen and oxygen atoms in total. The van der Waals surface area contributed by atoms with Gasteiger partial charge in [0.2, 0.25) is 5.91 Å². The predicted molar refractivity (Wildman–Crippen MR) is 60.9 cm³/mol. The van der Waals surface area contributed by atoms with Crippen LogP contribution in [0, 0.1) is 11.3 Å². The largest absolute Gasteiger partial charge is 0.319 e. The summed E-state index contributed by atoms with van der Waals surface area (Å²) in [5, 5.41) is 12.0. The van der Waals surface area contributed by atoms with Crippen molar-refractivity contribution in [2.24, 2.45) is 0 Å². The third-order valence-electron chi connectivity index (χ3n) is 3.73. The number of carbonyl (C=O) groups is 1. The molecule has 0 aromatic rings. The van der Waals surface area contributed by atoms with E-state index in [1.54, 1.807) is 6.07 Å². The fraction of sp³-hybridized carbons (Fsp3) is 0.833. The van der Waals surface area contributed by atoms with E-state index in [2.05, 4.69) is 5.32 Å². The van der Waals surface area contributed by atoms with Gasteiger partial charge in [-0.15, -0.1) is 0 Å². The number of nitrogens with one attached hydrogen (secondary N) is 1. The molecule has 2 aliphatic rings. The molecule has 2 aliphatic heterocycles. The van der Waals surface area contributed by atoms with Crippen molar-refractivity contribution in [1.82, 2.24) is 10.2 Å². The van der Waals surface area contributed by atoms with Gasteiger partial charge in [-0.2, -0.15) is 5.26 Å². The second-order valence-corrected chi connectivity index (χ2v) is 5.07. The summed E-state index contributed by atoms with van der Waals surface area (Å²) in [7, 11) is 0. The first-order chi connectivity index (χ1) is 8.46. The third kappa shape index (κ3) is 2.46. The average molecular weight is 257 g/mol. The highest BCUT2D eigenvalue weighted by molar-refractivity contribution is 5.83. The van der Waals surface area contributed by atoms with Crippen molar-refractivity contribution in [2.45, 2.75) is 56.7 Å². The van der Waals surface area contributed by atoms with Crippen molar-refractivity contribution in [3.63, 3.8) is 0 Å². The first-order valence-electron chi connectivity index (χ1n) is 6.31. The molecule has 0 saturated carbocycles. The maximum atomic E-state index is 13.3. The molecule has 0 aliphatic carbocycles. The van der Waals surface area contributed by atoms with Gasteiger partial charge in [-0.3, -0.25) is 4.79 Å². The Bertz CT molecular complexity index is 380. The van der Waals surface area contributed by atoms with Gasteiger partial charge in [-0.25, -0.2) is 8.78 Å². The van der Waals surface area contributed by atoms with Crippen LogP contribution in [0.15, 0.2) is 0 Å². The fourth-order valence-corrected chi connectivity index (χ4v) is 2.70. The lowest BCUT2D eigenvalue weighted by Gasteiger charge is -2.23. The summed E-state index contributed by atoms with van der Waals surface area (Å²) < 4.78 is 26.5. The van der Waals surface area contributed by atoms with Gasteiger partial charge in [0.1, 0.15) is 6.04 Å². The Kier molecular flexibility index (Phi) is 3.53. The number of nitrogens with zero attached hydrogens (tertiary/aromatic N) is 2. The number of amides is 1. The number of carbonyl (C=O) groups excluding carboxylic acids is 1. The normalized spacial score (nSPS) is 34.6.